The van der Waals surface area contributed by atoms with Crippen molar-refractivity contribution in [2.75, 3.05) is 7.11 Å². The predicted molar refractivity (Wildman–Crippen MR) is 99.0 cm³/mol. The third-order valence-corrected chi connectivity index (χ3v) is 5.19. The SMILES string of the molecule is COC(=O)c1ccc(C2C(C#N)=C(N)OC3NNC(c4cccnc4)C32)cc1. The van der Waals surface area contributed by atoms with Gasteiger partial charge in [0.25, 0.3) is 0 Å². The van der Waals surface area contributed by atoms with E-state index in [1.807, 2.05) is 24.3 Å². The fourth-order valence-electron chi connectivity index (χ4n) is 3.88. The molecule has 8 nitrogen and oxygen atoms in total. The molecule has 28 heavy (non-hydrogen) atoms. The molecule has 3 heterocycles. The molecule has 4 N–H and O–H groups in total. The van der Waals surface area contributed by atoms with Gasteiger partial charge >= 0.3 is 5.97 Å². The number of nitrogens with zero attached hydrogens (tertiary/aromatic N) is 2. The predicted octanol–water partition coefficient (Wildman–Crippen LogP) is 1.47. The maximum absolute atomic E-state index is 11.7. The van der Waals surface area contributed by atoms with Gasteiger partial charge in [-0.3, -0.25) is 4.98 Å². The second-order valence-electron chi connectivity index (χ2n) is 6.65. The number of carbonyl (C=O) groups excluding carboxylic acids is 1. The van der Waals surface area contributed by atoms with Crippen molar-refractivity contribution in [2.24, 2.45) is 11.7 Å². The van der Waals surface area contributed by atoms with E-state index >= 15 is 0 Å². The molecule has 4 atom stereocenters. The van der Waals surface area contributed by atoms with E-state index in [2.05, 4.69) is 21.9 Å². The van der Waals surface area contributed by atoms with Gasteiger partial charge in [-0.25, -0.2) is 15.6 Å². The average molecular weight is 377 g/mol. The van der Waals surface area contributed by atoms with Crippen LogP contribution in [0.15, 0.2) is 60.2 Å². The van der Waals surface area contributed by atoms with Crippen LogP contribution in [0.25, 0.3) is 0 Å². The van der Waals surface area contributed by atoms with Crippen LogP contribution in [0, 0.1) is 17.2 Å². The normalized spacial score (nSPS) is 26.1. The number of allylic oxidation sites excluding steroid dienone is 1. The summed E-state index contributed by atoms with van der Waals surface area (Å²) in [6.45, 7) is 0. The number of hydrazine groups is 1. The van der Waals surface area contributed by atoms with Gasteiger partial charge in [0.15, 0.2) is 6.23 Å². The molecule has 1 fully saturated rings. The number of pyridine rings is 1. The molecule has 2 aromatic rings. The largest absolute Gasteiger partial charge is 0.465 e. The van der Waals surface area contributed by atoms with E-state index in [0.717, 1.165) is 11.1 Å². The highest BCUT2D eigenvalue weighted by Crippen LogP contribution is 2.47. The molecule has 4 rings (SSSR count). The number of methoxy groups -OCH3 is 1. The molecule has 1 saturated heterocycles. The van der Waals surface area contributed by atoms with Crippen LogP contribution in [-0.4, -0.2) is 24.3 Å². The zero-order valence-electron chi connectivity index (χ0n) is 15.1. The highest BCUT2D eigenvalue weighted by Gasteiger charge is 2.49. The molecule has 0 aliphatic carbocycles. The Morgan fingerprint density at radius 1 is 1.25 bits per heavy atom. The van der Waals surface area contributed by atoms with Crippen LogP contribution in [0.3, 0.4) is 0 Å². The molecule has 2 aliphatic heterocycles. The number of hydrogen-bond acceptors (Lipinski definition) is 8. The number of carbonyl (C=O) groups is 1. The van der Waals surface area contributed by atoms with Gasteiger partial charge in [-0.15, -0.1) is 0 Å². The molecule has 1 aromatic heterocycles. The summed E-state index contributed by atoms with van der Waals surface area (Å²) in [7, 11) is 1.34. The number of hydrogen-bond donors (Lipinski definition) is 3. The van der Waals surface area contributed by atoms with Crippen LogP contribution in [0.5, 0.6) is 0 Å². The maximum atomic E-state index is 11.7. The standard InChI is InChI=1S/C20H19N5O3/c1-27-20(26)12-6-4-11(5-7-12)15-14(9-21)18(22)28-19-16(15)17(24-25-19)13-3-2-8-23-10-13/h2-8,10,15-17,19,24-25H,22H2,1H3. The molecule has 0 amide bonds. The second kappa shape index (κ2) is 7.31. The first-order valence-corrected chi connectivity index (χ1v) is 8.79. The van der Waals surface area contributed by atoms with Crippen LogP contribution in [0.4, 0.5) is 0 Å². The van der Waals surface area contributed by atoms with E-state index in [4.69, 9.17) is 15.2 Å². The molecule has 4 unspecified atom stereocenters. The van der Waals surface area contributed by atoms with Crippen molar-refractivity contribution in [3.63, 3.8) is 0 Å². The first-order valence-electron chi connectivity index (χ1n) is 8.79. The molecule has 0 bridgehead atoms. The van der Waals surface area contributed by atoms with Crippen molar-refractivity contribution in [1.82, 2.24) is 15.8 Å². The first kappa shape index (κ1) is 18.0. The summed E-state index contributed by atoms with van der Waals surface area (Å²) in [6, 6.07) is 12.9. The zero-order valence-corrected chi connectivity index (χ0v) is 15.1. The highest BCUT2D eigenvalue weighted by atomic mass is 16.5. The van der Waals surface area contributed by atoms with E-state index in [-0.39, 0.29) is 23.8 Å². The summed E-state index contributed by atoms with van der Waals surface area (Å²) in [6.07, 6.45) is 3.09. The highest BCUT2D eigenvalue weighted by molar-refractivity contribution is 5.89. The smallest absolute Gasteiger partial charge is 0.337 e. The molecule has 8 heteroatoms. The van der Waals surface area contributed by atoms with Crippen LogP contribution in [-0.2, 0) is 9.47 Å². The molecular weight excluding hydrogens is 358 g/mol. The van der Waals surface area contributed by atoms with E-state index in [1.165, 1.54) is 7.11 Å². The van der Waals surface area contributed by atoms with Gasteiger partial charge in [-0.1, -0.05) is 18.2 Å². The summed E-state index contributed by atoms with van der Waals surface area (Å²) < 4.78 is 10.5. The molecule has 0 saturated carbocycles. The quantitative estimate of drug-likeness (QED) is 0.687. The molecule has 2 aliphatic rings. The van der Waals surface area contributed by atoms with Crippen molar-refractivity contribution in [3.05, 3.63) is 76.9 Å². The summed E-state index contributed by atoms with van der Waals surface area (Å²) in [5, 5.41) is 9.76. The number of nitrogens with one attached hydrogen (secondary N) is 2. The van der Waals surface area contributed by atoms with Crippen molar-refractivity contribution in [1.29, 1.82) is 5.26 Å². The molecule has 0 radical (unpaired) electrons. The molecule has 0 spiro atoms. The van der Waals surface area contributed by atoms with Crippen molar-refractivity contribution in [2.45, 2.75) is 18.2 Å². The Morgan fingerprint density at radius 2 is 2.04 bits per heavy atom. The lowest BCUT2D eigenvalue weighted by Crippen LogP contribution is -2.41. The Hall–Kier alpha value is -3.41. The van der Waals surface area contributed by atoms with E-state index in [9.17, 15) is 10.1 Å². The maximum Gasteiger partial charge on any atom is 0.337 e. The average Bonchev–Trinajstić information content (AvgIpc) is 3.16. The monoisotopic (exact) mass is 377 g/mol. The fourth-order valence-corrected chi connectivity index (χ4v) is 3.88. The molecule has 142 valence electrons. The number of nitrogens with two attached hydrogens (primary N) is 1. The third-order valence-electron chi connectivity index (χ3n) is 5.19. The van der Waals surface area contributed by atoms with Crippen LogP contribution >= 0.6 is 0 Å². The summed E-state index contributed by atoms with van der Waals surface area (Å²) >= 11 is 0. The van der Waals surface area contributed by atoms with E-state index in [0.29, 0.717) is 11.1 Å². The van der Waals surface area contributed by atoms with Crippen molar-refractivity contribution >= 4 is 5.97 Å². The third kappa shape index (κ3) is 2.97. The van der Waals surface area contributed by atoms with E-state index in [1.54, 1.807) is 24.5 Å². The van der Waals surface area contributed by atoms with Crippen molar-refractivity contribution < 1.29 is 14.3 Å². The van der Waals surface area contributed by atoms with Crippen LogP contribution in [0.1, 0.15) is 33.4 Å². The van der Waals surface area contributed by atoms with Crippen molar-refractivity contribution in [3.8, 4) is 6.07 Å². The van der Waals surface area contributed by atoms with Gasteiger partial charge in [-0.05, 0) is 29.3 Å². The minimum Gasteiger partial charge on any atom is -0.465 e. The molecule has 1 aromatic carbocycles. The first-order chi connectivity index (χ1) is 13.6. The lowest BCUT2D eigenvalue weighted by Gasteiger charge is -2.35. The van der Waals surface area contributed by atoms with Gasteiger partial charge < -0.3 is 15.2 Å². The Morgan fingerprint density at radius 3 is 2.68 bits per heavy atom. The topological polar surface area (TPSA) is 122 Å². The lowest BCUT2D eigenvalue weighted by molar-refractivity contribution is 0.0340. The van der Waals surface area contributed by atoms with E-state index < -0.39 is 12.2 Å². The number of nitriles is 1. The van der Waals surface area contributed by atoms with Gasteiger partial charge in [0, 0.05) is 24.2 Å². The number of rotatable bonds is 3. The number of fused-ring (bicyclic) bond motifs is 1. The second-order valence-corrected chi connectivity index (χ2v) is 6.65. The zero-order chi connectivity index (χ0) is 19.7. The number of aromatic nitrogens is 1. The minimum atomic E-state index is -0.413. The minimum absolute atomic E-state index is 0.104. The van der Waals surface area contributed by atoms with Gasteiger partial charge in [0.2, 0.25) is 5.88 Å². The number of ether oxygens (including phenoxy) is 2. The molecular formula is C20H19N5O3. The Balaban J connectivity index is 1.77. The summed E-state index contributed by atoms with van der Waals surface area (Å²) in [5.41, 5.74) is 15.0. The fraction of sp³-hybridized carbons (Fsp3) is 0.250. The number of esters is 1. The number of benzene rings is 1. The van der Waals surface area contributed by atoms with Crippen LogP contribution in [0.2, 0.25) is 0 Å². The van der Waals surface area contributed by atoms with Gasteiger partial charge in [0.1, 0.15) is 6.07 Å². The van der Waals surface area contributed by atoms with Gasteiger partial charge in [-0.2, -0.15) is 5.26 Å². The Labute approximate surface area is 161 Å². The van der Waals surface area contributed by atoms with Crippen LogP contribution < -0.4 is 16.6 Å². The summed E-state index contributed by atoms with van der Waals surface area (Å²) in [4.78, 5) is 15.9. The lowest BCUT2D eigenvalue weighted by atomic mass is 9.74. The van der Waals surface area contributed by atoms with Gasteiger partial charge in [0.05, 0.1) is 24.3 Å². The Kier molecular flexibility index (Phi) is 4.69. The Bertz CT molecular complexity index is 952. The summed E-state index contributed by atoms with van der Waals surface area (Å²) in [5.74, 6) is -0.769.